The summed E-state index contributed by atoms with van der Waals surface area (Å²) in [5.41, 5.74) is 7.98. The summed E-state index contributed by atoms with van der Waals surface area (Å²) in [4.78, 5) is 21.2. The van der Waals surface area contributed by atoms with E-state index in [0.717, 1.165) is 27.9 Å². The third-order valence-corrected chi connectivity index (χ3v) is 5.95. The van der Waals surface area contributed by atoms with Crippen molar-refractivity contribution in [2.75, 3.05) is 14.1 Å². The number of carbonyl (C=O) groups excluding carboxylic acids is 1. The lowest BCUT2D eigenvalue weighted by Gasteiger charge is -2.28. The fourth-order valence-electron chi connectivity index (χ4n) is 3.87. The lowest BCUT2D eigenvalue weighted by atomic mass is 9.89. The van der Waals surface area contributed by atoms with Gasteiger partial charge in [-0.2, -0.15) is 0 Å². The summed E-state index contributed by atoms with van der Waals surface area (Å²) >= 11 is 0. The molecule has 32 heavy (non-hydrogen) atoms. The van der Waals surface area contributed by atoms with Crippen LogP contribution in [0.5, 0.6) is 5.75 Å². The molecule has 1 heterocycles. The number of primary amides is 1. The molecule has 164 valence electrons. The Hall–Kier alpha value is -3.64. The zero-order valence-electron chi connectivity index (χ0n) is 18.6. The average Bonchev–Trinajstić information content (AvgIpc) is 3.32. The molecule has 6 nitrogen and oxygen atoms in total. The molecule has 2 unspecified atom stereocenters. The van der Waals surface area contributed by atoms with Crippen molar-refractivity contribution in [1.82, 2.24) is 14.9 Å². The van der Waals surface area contributed by atoms with Crippen LogP contribution in [0.15, 0.2) is 73.1 Å². The van der Waals surface area contributed by atoms with Gasteiger partial charge in [-0.1, -0.05) is 36.4 Å². The highest BCUT2D eigenvalue weighted by atomic mass is 16.5. The number of ether oxygens (including phenoxy) is 1. The van der Waals surface area contributed by atoms with E-state index in [1.807, 2.05) is 30.5 Å². The number of nitrogens with two attached hydrogens (primary N) is 1. The largest absolute Gasteiger partial charge is 0.489 e. The van der Waals surface area contributed by atoms with E-state index in [0.29, 0.717) is 12.2 Å². The predicted molar refractivity (Wildman–Crippen MR) is 127 cm³/mol. The van der Waals surface area contributed by atoms with Crippen molar-refractivity contribution in [1.29, 1.82) is 0 Å². The number of benzene rings is 3. The molecule has 0 aliphatic carbocycles. The maximum atomic E-state index is 11.2. The highest BCUT2D eigenvalue weighted by Gasteiger charge is 2.25. The van der Waals surface area contributed by atoms with Crippen molar-refractivity contribution in [2.24, 2.45) is 5.73 Å². The monoisotopic (exact) mass is 428 g/mol. The quantitative estimate of drug-likeness (QED) is 0.438. The number of carbonyl (C=O) groups is 1. The van der Waals surface area contributed by atoms with Crippen LogP contribution in [0.1, 0.15) is 40.2 Å². The molecule has 6 heteroatoms. The minimum absolute atomic E-state index is 0.142. The number of imidazole rings is 1. The molecule has 0 radical (unpaired) electrons. The summed E-state index contributed by atoms with van der Waals surface area (Å²) < 4.78 is 5.97. The van der Waals surface area contributed by atoms with Crippen LogP contribution in [0.3, 0.4) is 0 Å². The lowest BCUT2D eigenvalue weighted by Crippen LogP contribution is -2.32. The Morgan fingerprint density at radius 3 is 2.44 bits per heavy atom. The van der Waals surface area contributed by atoms with Gasteiger partial charge in [0.1, 0.15) is 18.2 Å². The number of hydrogen-bond donors (Lipinski definition) is 2. The number of nitrogens with zero attached hydrogens (tertiary/aromatic N) is 2. The fraction of sp³-hybridized carbons (Fsp3) is 0.231. The Balaban J connectivity index is 1.54. The Morgan fingerprint density at radius 2 is 1.78 bits per heavy atom. The van der Waals surface area contributed by atoms with Crippen molar-refractivity contribution in [3.8, 4) is 5.75 Å². The topological polar surface area (TPSA) is 84.2 Å². The first-order valence-corrected chi connectivity index (χ1v) is 10.6. The Morgan fingerprint density at radius 1 is 1.06 bits per heavy atom. The number of aromatic nitrogens is 2. The summed E-state index contributed by atoms with van der Waals surface area (Å²) in [6.45, 7) is 2.63. The molecule has 0 fully saturated rings. The molecule has 0 bridgehead atoms. The van der Waals surface area contributed by atoms with Gasteiger partial charge in [0, 0.05) is 24.0 Å². The van der Waals surface area contributed by atoms with Gasteiger partial charge in [0.2, 0.25) is 5.91 Å². The van der Waals surface area contributed by atoms with Crippen molar-refractivity contribution < 1.29 is 9.53 Å². The lowest BCUT2D eigenvalue weighted by molar-refractivity contribution is 0.1000. The fourth-order valence-corrected chi connectivity index (χ4v) is 3.87. The van der Waals surface area contributed by atoms with E-state index in [-0.39, 0.29) is 12.0 Å². The second-order valence-corrected chi connectivity index (χ2v) is 8.27. The molecular formula is C26H28N4O2. The summed E-state index contributed by atoms with van der Waals surface area (Å²) in [6.07, 6.45) is 3.67. The first-order valence-electron chi connectivity index (χ1n) is 10.6. The Bertz CT molecular complexity index is 1200. The number of amides is 1. The SMILES string of the molecule is CC(C(c1ccc2cc(OCc3ccc(C(N)=O)cc3)ccc2c1)c1ncc[nH]1)N(C)C. The number of aromatic amines is 1. The van der Waals surface area contributed by atoms with Gasteiger partial charge in [-0.05, 0) is 67.2 Å². The molecule has 4 aromatic rings. The predicted octanol–water partition coefficient (Wildman–Crippen LogP) is 4.32. The van der Waals surface area contributed by atoms with Gasteiger partial charge in [-0.3, -0.25) is 4.79 Å². The summed E-state index contributed by atoms with van der Waals surface area (Å²) in [5.74, 6) is 1.48. The molecule has 3 N–H and O–H groups in total. The van der Waals surface area contributed by atoms with E-state index in [4.69, 9.17) is 10.5 Å². The van der Waals surface area contributed by atoms with Gasteiger partial charge in [0.15, 0.2) is 0 Å². The van der Waals surface area contributed by atoms with Crippen LogP contribution in [0.2, 0.25) is 0 Å². The molecule has 1 amide bonds. The summed E-state index contributed by atoms with van der Waals surface area (Å²) in [6, 6.07) is 20.1. The van der Waals surface area contributed by atoms with Crippen molar-refractivity contribution in [3.05, 3.63) is 95.6 Å². The first kappa shape index (κ1) is 21.6. The molecule has 0 aliphatic rings. The van der Waals surface area contributed by atoms with E-state index in [1.54, 1.807) is 18.3 Å². The van der Waals surface area contributed by atoms with Crippen molar-refractivity contribution in [3.63, 3.8) is 0 Å². The van der Waals surface area contributed by atoms with Gasteiger partial charge in [0.25, 0.3) is 0 Å². The van der Waals surface area contributed by atoms with E-state index in [9.17, 15) is 4.79 Å². The second kappa shape index (κ2) is 9.24. The first-order chi connectivity index (χ1) is 15.4. The van der Waals surface area contributed by atoms with Gasteiger partial charge in [-0.25, -0.2) is 4.98 Å². The van der Waals surface area contributed by atoms with E-state index in [1.165, 1.54) is 5.56 Å². The maximum absolute atomic E-state index is 11.2. The zero-order chi connectivity index (χ0) is 22.7. The molecule has 0 spiro atoms. The van der Waals surface area contributed by atoms with Gasteiger partial charge < -0.3 is 20.4 Å². The van der Waals surface area contributed by atoms with Crippen LogP contribution in [-0.4, -0.2) is 40.9 Å². The van der Waals surface area contributed by atoms with Crippen LogP contribution in [0.4, 0.5) is 0 Å². The number of hydrogen-bond acceptors (Lipinski definition) is 4. The standard InChI is InChI=1S/C26H28N4O2/c1-17(30(2)3)24(26-28-12-13-29-26)22-9-8-21-15-23(11-10-20(21)14-22)32-16-18-4-6-19(7-5-18)25(27)31/h4-15,17,24H,16H2,1-3H3,(H2,27,31)(H,28,29). The third-order valence-electron chi connectivity index (χ3n) is 5.95. The number of fused-ring (bicyclic) bond motifs is 1. The molecule has 2 atom stereocenters. The highest BCUT2D eigenvalue weighted by molar-refractivity contribution is 5.92. The minimum Gasteiger partial charge on any atom is -0.489 e. The Kier molecular flexibility index (Phi) is 6.23. The Labute approximate surface area is 188 Å². The zero-order valence-corrected chi connectivity index (χ0v) is 18.6. The van der Waals surface area contributed by atoms with Crippen molar-refractivity contribution >= 4 is 16.7 Å². The van der Waals surface area contributed by atoms with Gasteiger partial charge in [0.05, 0.1) is 5.92 Å². The molecule has 0 saturated heterocycles. The maximum Gasteiger partial charge on any atom is 0.248 e. The third kappa shape index (κ3) is 4.65. The normalized spacial score (nSPS) is 13.2. The van der Waals surface area contributed by atoms with Crippen LogP contribution in [0, 0.1) is 0 Å². The summed E-state index contributed by atoms with van der Waals surface area (Å²) in [5, 5.41) is 2.27. The smallest absolute Gasteiger partial charge is 0.248 e. The molecule has 1 aromatic heterocycles. The van der Waals surface area contributed by atoms with E-state index >= 15 is 0 Å². The molecule has 3 aromatic carbocycles. The van der Waals surface area contributed by atoms with Crippen molar-refractivity contribution in [2.45, 2.75) is 25.5 Å². The van der Waals surface area contributed by atoms with Crippen LogP contribution in [0.25, 0.3) is 10.8 Å². The van der Waals surface area contributed by atoms with Gasteiger partial charge in [-0.15, -0.1) is 0 Å². The highest BCUT2D eigenvalue weighted by Crippen LogP contribution is 2.31. The number of H-pyrrole nitrogens is 1. The molecular weight excluding hydrogens is 400 g/mol. The average molecular weight is 429 g/mol. The molecule has 4 rings (SSSR count). The minimum atomic E-state index is -0.430. The van der Waals surface area contributed by atoms with Crippen LogP contribution in [-0.2, 0) is 6.61 Å². The number of rotatable bonds is 8. The van der Waals surface area contributed by atoms with Crippen LogP contribution >= 0.6 is 0 Å². The van der Waals surface area contributed by atoms with E-state index in [2.05, 4.69) is 60.2 Å². The van der Waals surface area contributed by atoms with Crippen LogP contribution < -0.4 is 10.5 Å². The number of likely N-dealkylation sites (N-methyl/N-ethyl adjacent to an activating group) is 1. The summed E-state index contributed by atoms with van der Waals surface area (Å²) in [7, 11) is 4.18. The van der Waals surface area contributed by atoms with E-state index < -0.39 is 5.91 Å². The number of nitrogens with one attached hydrogen (secondary N) is 1. The second-order valence-electron chi connectivity index (χ2n) is 8.27. The molecule has 0 aliphatic heterocycles. The molecule has 0 saturated carbocycles. The van der Waals surface area contributed by atoms with Gasteiger partial charge >= 0.3 is 0 Å².